The molecule has 0 saturated carbocycles. The molecule has 0 radical (unpaired) electrons. The van der Waals surface area contributed by atoms with Gasteiger partial charge in [0, 0.05) is 12.1 Å². The Morgan fingerprint density at radius 1 is 1.41 bits per heavy atom. The summed E-state index contributed by atoms with van der Waals surface area (Å²) in [5.74, 6) is 2.09. The first-order valence-corrected chi connectivity index (χ1v) is 6.57. The maximum absolute atomic E-state index is 5.94. The van der Waals surface area contributed by atoms with Crippen LogP contribution in [0.15, 0.2) is 0 Å². The lowest BCUT2D eigenvalue weighted by atomic mass is 9.99. The highest BCUT2D eigenvalue weighted by atomic mass is 35.5. The standard InChI is InChI=1S/C12H20ClN3O/c1-11(2,3)16-9(8-13)14-15-10(16)12(4)6-5-7-17-12/h5-8H2,1-4H3. The van der Waals surface area contributed by atoms with Gasteiger partial charge in [0.05, 0.1) is 5.88 Å². The number of alkyl halides is 1. The van der Waals surface area contributed by atoms with Gasteiger partial charge in [0.15, 0.2) is 5.82 Å². The van der Waals surface area contributed by atoms with Crippen molar-refractivity contribution in [1.29, 1.82) is 0 Å². The fourth-order valence-electron chi connectivity index (χ4n) is 2.41. The zero-order valence-corrected chi connectivity index (χ0v) is 11.7. The molecule has 1 unspecified atom stereocenters. The summed E-state index contributed by atoms with van der Waals surface area (Å²) in [5, 5.41) is 8.50. The van der Waals surface area contributed by atoms with Crippen LogP contribution in [0.2, 0.25) is 0 Å². The molecule has 2 heterocycles. The molecule has 0 bridgehead atoms. The van der Waals surface area contributed by atoms with Crippen molar-refractivity contribution in [3.05, 3.63) is 11.6 Å². The summed E-state index contributed by atoms with van der Waals surface area (Å²) >= 11 is 5.94. The second-order valence-corrected chi connectivity index (χ2v) is 6.03. The van der Waals surface area contributed by atoms with Crippen LogP contribution in [0, 0.1) is 0 Å². The molecular formula is C12H20ClN3O. The number of rotatable bonds is 2. The predicted molar refractivity (Wildman–Crippen MR) is 67.1 cm³/mol. The fourth-order valence-corrected chi connectivity index (χ4v) is 2.58. The first-order valence-electron chi connectivity index (χ1n) is 6.04. The van der Waals surface area contributed by atoms with E-state index in [0.29, 0.717) is 5.88 Å². The lowest BCUT2D eigenvalue weighted by Gasteiger charge is -2.30. The van der Waals surface area contributed by atoms with E-state index in [2.05, 4.69) is 42.5 Å². The van der Waals surface area contributed by atoms with Crippen LogP contribution in [0.4, 0.5) is 0 Å². The minimum atomic E-state index is -0.315. The highest BCUT2D eigenvalue weighted by molar-refractivity contribution is 6.16. The third-order valence-electron chi connectivity index (χ3n) is 3.21. The zero-order chi connectivity index (χ0) is 12.7. The Hall–Kier alpha value is -0.610. The van der Waals surface area contributed by atoms with Gasteiger partial charge in [-0.2, -0.15) is 0 Å². The van der Waals surface area contributed by atoms with Gasteiger partial charge >= 0.3 is 0 Å². The third-order valence-corrected chi connectivity index (χ3v) is 3.45. The molecule has 2 rings (SSSR count). The van der Waals surface area contributed by atoms with Crippen LogP contribution in [0.5, 0.6) is 0 Å². The Kier molecular flexibility index (Phi) is 3.21. The van der Waals surface area contributed by atoms with Crippen LogP contribution in [0.3, 0.4) is 0 Å². The molecule has 0 aliphatic carbocycles. The normalized spacial score (nSPS) is 25.5. The van der Waals surface area contributed by atoms with Gasteiger partial charge in [0.1, 0.15) is 11.4 Å². The minimum Gasteiger partial charge on any atom is -0.367 e. The summed E-state index contributed by atoms with van der Waals surface area (Å²) in [6.07, 6.45) is 2.06. The van der Waals surface area contributed by atoms with Crippen molar-refractivity contribution in [2.45, 2.75) is 57.6 Å². The van der Waals surface area contributed by atoms with Crippen molar-refractivity contribution >= 4 is 11.6 Å². The lowest BCUT2D eigenvalue weighted by Crippen LogP contribution is -2.33. The van der Waals surface area contributed by atoms with Crippen molar-refractivity contribution < 1.29 is 4.74 Å². The number of aromatic nitrogens is 3. The number of hydrogen-bond donors (Lipinski definition) is 0. The molecule has 0 amide bonds. The van der Waals surface area contributed by atoms with Crippen LogP contribution in [-0.2, 0) is 21.8 Å². The molecule has 0 aromatic carbocycles. The molecule has 5 heteroatoms. The summed E-state index contributed by atoms with van der Waals surface area (Å²) in [6, 6.07) is 0. The van der Waals surface area contributed by atoms with Crippen molar-refractivity contribution in [2.24, 2.45) is 0 Å². The van der Waals surface area contributed by atoms with E-state index in [1.807, 2.05) is 0 Å². The Bertz CT molecular complexity index is 402. The molecule has 1 aliphatic heterocycles. The highest BCUT2D eigenvalue weighted by Gasteiger charge is 2.39. The summed E-state index contributed by atoms with van der Waals surface area (Å²) in [5.41, 5.74) is -0.400. The lowest BCUT2D eigenvalue weighted by molar-refractivity contribution is 0.00323. The summed E-state index contributed by atoms with van der Waals surface area (Å²) < 4.78 is 7.97. The average molecular weight is 258 g/mol. The molecule has 4 nitrogen and oxygen atoms in total. The van der Waals surface area contributed by atoms with Crippen LogP contribution in [0.25, 0.3) is 0 Å². The second kappa shape index (κ2) is 4.25. The van der Waals surface area contributed by atoms with Crippen molar-refractivity contribution in [3.8, 4) is 0 Å². The van der Waals surface area contributed by atoms with Gasteiger partial charge in [-0.1, -0.05) is 0 Å². The molecule has 1 aromatic rings. The Morgan fingerprint density at radius 3 is 2.59 bits per heavy atom. The quantitative estimate of drug-likeness (QED) is 0.765. The van der Waals surface area contributed by atoms with Crippen LogP contribution in [0.1, 0.15) is 52.2 Å². The van der Waals surface area contributed by atoms with Gasteiger partial charge < -0.3 is 9.30 Å². The van der Waals surface area contributed by atoms with Gasteiger partial charge in [0.25, 0.3) is 0 Å². The van der Waals surface area contributed by atoms with E-state index in [1.165, 1.54) is 0 Å². The van der Waals surface area contributed by atoms with Gasteiger partial charge in [-0.05, 0) is 40.5 Å². The molecule has 17 heavy (non-hydrogen) atoms. The van der Waals surface area contributed by atoms with E-state index in [9.17, 15) is 0 Å². The molecule has 1 aromatic heterocycles. The molecule has 0 N–H and O–H groups in total. The van der Waals surface area contributed by atoms with E-state index in [-0.39, 0.29) is 11.1 Å². The monoisotopic (exact) mass is 257 g/mol. The maximum Gasteiger partial charge on any atom is 0.165 e. The third kappa shape index (κ3) is 2.20. The van der Waals surface area contributed by atoms with E-state index in [4.69, 9.17) is 16.3 Å². The van der Waals surface area contributed by atoms with Gasteiger partial charge in [-0.25, -0.2) is 0 Å². The van der Waals surface area contributed by atoms with E-state index in [1.54, 1.807) is 0 Å². The number of nitrogens with zero attached hydrogens (tertiary/aromatic N) is 3. The largest absolute Gasteiger partial charge is 0.367 e. The van der Waals surface area contributed by atoms with Crippen LogP contribution < -0.4 is 0 Å². The van der Waals surface area contributed by atoms with Gasteiger partial charge in [-0.15, -0.1) is 21.8 Å². The van der Waals surface area contributed by atoms with Crippen molar-refractivity contribution in [3.63, 3.8) is 0 Å². The van der Waals surface area contributed by atoms with Crippen LogP contribution in [-0.4, -0.2) is 21.4 Å². The molecule has 1 atom stereocenters. The SMILES string of the molecule is CC1(c2nnc(CCl)n2C(C)(C)C)CCCO1. The molecule has 0 spiro atoms. The Morgan fingerprint density at radius 2 is 2.12 bits per heavy atom. The first kappa shape index (κ1) is 12.8. The Labute approximate surface area is 107 Å². The number of ether oxygens (including phenoxy) is 1. The minimum absolute atomic E-state index is 0.0853. The van der Waals surface area contributed by atoms with E-state index < -0.39 is 0 Å². The molecule has 96 valence electrons. The molecular weight excluding hydrogens is 238 g/mol. The molecule has 1 aliphatic rings. The van der Waals surface area contributed by atoms with E-state index in [0.717, 1.165) is 31.1 Å². The Balaban J connectivity index is 2.51. The first-order chi connectivity index (χ1) is 7.88. The number of halogens is 1. The molecule has 1 saturated heterocycles. The molecule has 1 fully saturated rings. The van der Waals surface area contributed by atoms with Crippen LogP contribution >= 0.6 is 11.6 Å². The second-order valence-electron chi connectivity index (χ2n) is 5.76. The summed E-state index contributed by atoms with van der Waals surface area (Å²) in [4.78, 5) is 0. The predicted octanol–water partition coefficient (Wildman–Crippen LogP) is 2.80. The average Bonchev–Trinajstić information content (AvgIpc) is 2.82. The summed E-state index contributed by atoms with van der Waals surface area (Å²) in [7, 11) is 0. The fraction of sp³-hybridized carbons (Fsp3) is 0.833. The topological polar surface area (TPSA) is 39.9 Å². The summed E-state index contributed by atoms with van der Waals surface area (Å²) in [6.45, 7) is 9.28. The van der Waals surface area contributed by atoms with Crippen molar-refractivity contribution in [2.75, 3.05) is 6.61 Å². The van der Waals surface area contributed by atoms with Gasteiger partial charge in [-0.3, -0.25) is 0 Å². The highest BCUT2D eigenvalue weighted by Crippen LogP contribution is 2.37. The van der Waals surface area contributed by atoms with E-state index >= 15 is 0 Å². The maximum atomic E-state index is 5.94. The smallest absolute Gasteiger partial charge is 0.165 e. The van der Waals surface area contributed by atoms with Gasteiger partial charge in [0.2, 0.25) is 0 Å². The number of hydrogen-bond acceptors (Lipinski definition) is 3. The zero-order valence-electron chi connectivity index (χ0n) is 11.0. The van der Waals surface area contributed by atoms with Crippen molar-refractivity contribution in [1.82, 2.24) is 14.8 Å².